The summed E-state index contributed by atoms with van der Waals surface area (Å²) >= 11 is 0. The number of piperidine rings is 1. The highest BCUT2D eigenvalue weighted by atomic mass is 32.2. The van der Waals surface area contributed by atoms with Crippen LogP contribution in [0.1, 0.15) is 40.0 Å². The van der Waals surface area contributed by atoms with E-state index in [0.717, 1.165) is 31.8 Å². The van der Waals surface area contributed by atoms with E-state index in [9.17, 15) is 8.42 Å². The molecule has 1 heterocycles. The summed E-state index contributed by atoms with van der Waals surface area (Å²) in [5.41, 5.74) is 0. The van der Waals surface area contributed by atoms with Gasteiger partial charge >= 0.3 is 0 Å². The van der Waals surface area contributed by atoms with Crippen molar-refractivity contribution in [3.63, 3.8) is 0 Å². The number of nitrogens with zero attached hydrogens (tertiary/aromatic N) is 1. The third-order valence-corrected chi connectivity index (χ3v) is 5.07. The van der Waals surface area contributed by atoms with E-state index in [-0.39, 0.29) is 5.75 Å². The molecule has 0 radical (unpaired) electrons. The van der Waals surface area contributed by atoms with E-state index < -0.39 is 10.0 Å². The van der Waals surface area contributed by atoms with Crippen LogP contribution in [0.25, 0.3) is 0 Å². The van der Waals surface area contributed by atoms with Crippen molar-refractivity contribution in [3.05, 3.63) is 0 Å². The van der Waals surface area contributed by atoms with Gasteiger partial charge in [-0.15, -0.1) is 0 Å². The van der Waals surface area contributed by atoms with Gasteiger partial charge in [0, 0.05) is 6.54 Å². The molecule has 0 unspecified atom stereocenters. The van der Waals surface area contributed by atoms with Crippen molar-refractivity contribution < 1.29 is 8.42 Å². The lowest BCUT2D eigenvalue weighted by Gasteiger charge is -2.32. The van der Waals surface area contributed by atoms with Crippen LogP contribution in [-0.2, 0) is 10.0 Å². The Morgan fingerprint density at radius 1 is 1.28 bits per heavy atom. The van der Waals surface area contributed by atoms with Gasteiger partial charge in [-0.05, 0) is 57.7 Å². The number of rotatable bonds is 7. The number of nitrogens with one attached hydrogen (secondary N) is 1. The van der Waals surface area contributed by atoms with Crippen molar-refractivity contribution in [2.24, 2.45) is 11.8 Å². The third-order valence-electron chi connectivity index (χ3n) is 3.70. The SMILES string of the molecule is CCS(=O)(=O)NCC1CCN(CCC(C)C)CC1. The van der Waals surface area contributed by atoms with Crippen molar-refractivity contribution in [2.45, 2.75) is 40.0 Å². The normalized spacial score (nSPS) is 19.6. The molecule has 4 nitrogen and oxygen atoms in total. The van der Waals surface area contributed by atoms with Gasteiger partial charge in [0.15, 0.2) is 0 Å². The van der Waals surface area contributed by atoms with Crippen LogP contribution in [0.15, 0.2) is 0 Å². The van der Waals surface area contributed by atoms with Crippen LogP contribution in [0, 0.1) is 11.8 Å². The van der Waals surface area contributed by atoms with Crippen LogP contribution in [0.4, 0.5) is 0 Å². The second kappa shape index (κ2) is 7.46. The van der Waals surface area contributed by atoms with Crippen molar-refractivity contribution >= 4 is 10.0 Å². The molecule has 1 rings (SSSR count). The van der Waals surface area contributed by atoms with Gasteiger partial charge in [-0.1, -0.05) is 13.8 Å². The molecular weight excluding hydrogens is 248 g/mol. The van der Waals surface area contributed by atoms with Crippen molar-refractivity contribution in [3.8, 4) is 0 Å². The van der Waals surface area contributed by atoms with E-state index in [1.807, 2.05) is 0 Å². The summed E-state index contributed by atoms with van der Waals surface area (Å²) in [6, 6.07) is 0. The zero-order valence-corrected chi connectivity index (χ0v) is 12.8. The first kappa shape index (κ1) is 15.9. The van der Waals surface area contributed by atoms with E-state index >= 15 is 0 Å². The molecule has 0 spiro atoms. The first-order valence-corrected chi connectivity index (χ1v) is 8.78. The summed E-state index contributed by atoms with van der Waals surface area (Å²) in [6.45, 7) is 10.2. The Labute approximate surface area is 112 Å². The lowest BCUT2D eigenvalue weighted by atomic mass is 9.96. The maximum absolute atomic E-state index is 11.4. The number of hydrogen-bond donors (Lipinski definition) is 1. The molecule has 18 heavy (non-hydrogen) atoms. The van der Waals surface area contributed by atoms with Crippen molar-refractivity contribution in [1.82, 2.24) is 9.62 Å². The van der Waals surface area contributed by atoms with E-state index in [1.165, 1.54) is 13.0 Å². The molecule has 0 bridgehead atoms. The maximum atomic E-state index is 11.4. The van der Waals surface area contributed by atoms with Gasteiger partial charge in [0.1, 0.15) is 0 Å². The van der Waals surface area contributed by atoms with E-state index in [0.29, 0.717) is 12.5 Å². The van der Waals surface area contributed by atoms with Crippen LogP contribution in [0.2, 0.25) is 0 Å². The zero-order valence-electron chi connectivity index (χ0n) is 12.0. The predicted molar refractivity (Wildman–Crippen MR) is 76.1 cm³/mol. The van der Waals surface area contributed by atoms with Gasteiger partial charge in [-0.2, -0.15) is 0 Å². The Balaban J connectivity index is 2.19. The summed E-state index contributed by atoms with van der Waals surface area (Å²) in [4.78, 5) is 2.50. The first-order valence-electron chi connectivity index (χ1n) is 7.12. The van der Waals surface area contributed by atoms with Crippen LogP contribution in [-0.4, -0.2) is 45.2 Å². The lowest BCUT2D eigenvalue weighted by Crippen LogP contribution is -2.39. The molecule has 0 aromatic heterocycles. The largest absolute Gasteiger partial charge is 0.303 e. The van der Waals surface area contributed by atoms with Gasteiger partial charge in [0.25, 0.3) is 0 Å². The second-order valence-electron chi connectivity index (χ2n) is 5.72. The summed E-state index contributed by atoms with van der Waals surface area (Å²) in [6.07, 6.45) is 3.49. The van der Waals surface area contributed by atoms with E-state index in [4.69, 9.17) is 0 Å². The third kappa shape index (κ3) is 6.16. The van der Waals surface area contributed by atoms with Crippen LogP contribution < -0.4 is 4.72 Å². The molecule has 1 saturated heterocycles. The Morgan fingerprint density at radius 3 is 2.39 bits per heavy atom. The molecule has 0 atom stereocenters. The van der Waals surface area contributed by atoms with Crippen LogP contribution in [0.5, 0.6) is 0 Å². The van der Waals surface area contributed by atoms with Crippen LogP contribution in [0.3, 0.4) is 0 Å². The van der Waals surface area contributed by atoms with E-state index in [2.05, 4.69) is 23.5 Å². The molecule has 5 heteroatoms. The Hall–Kier alpha value is -0.130. The van der Waals surface area contributed by atoms with E-state index in [1.54, 1.807) is 6.92 Å². The fourth-order valence-corrected chi connectivity index (χ4v) is 2.90. The highest BCUT2D eigenvalue weighted by Gasteiger charge is 2.20. The molecule has 1 aliphatic rings. The fourth-order valence-electron chi connectivity index (χ4n) is 2.20. The summed E-state index contributed by atoms with van der Waals surface area (Å²) in [5, 5.41) is 0. The summed E-state index contributed by atoms with van der Waals surface area (Å²) < 4.78 is 25.4. The molecular formula is C13H28N2O2S. The molecule has 1 fully saturated rings. The van der Waals surface area contributed by atoms with Gasteiger partial charge in [0.2, 0.25) is 10.0 Å². The quantitative estimate of drug-likeness (QED) is 0.770. The molecule has 0 aromatic carbocycles. The molecule has 0 aromatic rings. The Morgan fingerprint density at radius 2 is 1.89 bits per heavy atom. The Kier molecular flexibility index (Phi) is 6.60. The fraction of sp³-hybridized carbons (Fsp3) is 1.00. The molecule has 1 N–H and O–H groups in total. The lowest BCUT2D eigenvalue weighted by molar-refractivity contribution is 0.178. The van der Waals surface area contributed by atoms with Crippen molar-refractivity contribution in [1.29, 1.82) is 0 Å². The maximum Gasteiger partial charge on any atom is 0.211 e. The topological polar surface area (TPSA) is 49.4 Å². The van der Waals surface area contributed by atoms with Crippen molar-refractivity contribution in [2.75, 3.05) is 31.9 Å². The highest BCUT2D eigenvalue weighted by molar-refractivity contribution is 7.89. The van der Waals surface area contributed by atoms with Gasteiger partial charge in [-0.25, -0.2) is 13.1 Å². The standard InChI is InChI=1S/C13H28N2O2S/c1-4-18(16,17)14-11-13-6-9-15(10-7-13)8-5-12(2)3/h12-14H,4-11H2,1-3H3. The first-order chi connectivity index (χ1) is 8.43. The molecule has 0 aliphatic carbocycles. The Bertz CT molecular complexity index is 320. The average Bonchev–Trinajstić information content (AvgIpc) is 2.35. The monoisotopic (exact) mass is 276 g/mol. The number of hydrogen-bond acceptors (Lipinski definition) is 3. The van der Waals surface area contributed by atoms with Gasteiger partial charge in [0.05, 0.1) is 5.75 Å². The molecule has 0 amide bonds. The number of likely N-dealkylation sites (tertiary alicyclic amines) is 1. The number of sulfonamides is 1. The minimum absolute atomic E-state index is 0.181. The van der Waals surface area contributed by atoms with Gasteiger partial charge < -0.3 is 4.90 Å². The smallest absolute Gasteiger partial charge is 0.211 e. The minimum atomic E-state index is -3.02. The predicted octanol–water partition coefficient (Wildman–Crippen LogP) is 1.68. The van der Waals surface area contributed by atoms with Crippen LogP contribution >= 0.6 is 0 Å². The minimum Gasteiger partial charge on any atom is -0.303 e. The molecule has 108 valence electrons. The van der Waals surface area contributed by atoms with Gasteiger partial charge in [-0.3, -0.25) is 0 Å². The summed E-state index contributed by atoms with van der Waals surface area (Å²) in [5.74, 6) is 1.46. The second-order valence-corrected chi connectivity index (χ2v) is 7.81. The molecule has 1 aliphatic heterocycles. The summed E-state index contributed by atoms with van der Waals surface area (Å²) in [7, 11) is -3.02. The highest BCUT2D eigenvalue weighted by Crippen LogP contribution is 2.17. The molecule has 0 saturated carbocycles. The zero-order chi connectivity index (χ0) is 13.6. The average molecular weight is 276 g/mol.